The molecule has 202 valence electrons. The van der Waals surface area contributed by atoms with E-state index in [9.17, 15) is 23.5 Å². The SMILES string of the molecule is Cc1nc(C(C(=O)NCc2ccc(Cl)cc2)N(CC2CCC(F)(F)C2)C(=O)CCc2ccc(O)cc2)cs1. The lowest BCUT2D eigenvalue weighted by molar-refractivity contribution is -0.142. The zero-order valence-corrected chi connectivity index (χ0v) is 22.6. The molecule has 0 radical (unpaired) electrons. The van der Waals surface area contributed by atoms with Gasteiger partial charge in [-0.1, -0.05) is 35.9 Å². The number of aromatic hydroxyl groups is 1. The van der Waals surface area contributed by atoms with E-state index in [-0.39, 0.29) is 50.4 Å². The number of hydrogen-bond acceptors (Lipinski definition) is 5. The number of carbonyl (C=O) groups is 2. The number of amides is 2. The Hall–Kier alpha value is -3.04. The van der Waals surface area contributed by atoms with Crippen LogP contribution in [-0.2, 0) is 22.6 Å². The number of aryl methyl sites for hydroxylation is 2. The molecule has 2 N–H and O–H groups in total. The number of aromatic nitrogens is 1. The third-order valence-corrected chi connectivity index (χ3v) is 7.75. The summed E-state index contributed by atoms with van der Waals surface area (Å²) in [5.41, 5.74) is 2.09. The summed E-state index contributed by atoms with van der Waals surface area (Å²) in [6.45, 7) is 2.07. The van der Waals surface area contributed by atoms with E-state index in [4.69, 9.17) is 11.6 Å². The number of alkyl halides is 2. The second kappa shape index (κ2) is 12.2. The number of hydrogen-bond donors (Lipinski definition) is 2. The van der Waals surface area contributed by atoms with E-state index in [1.165, 1.54) is 16.2 Å². The highest BCUT2D eigenvalue weighted by atomic mass is 35.5. The maximum Gasteiger partial charge on any atom is 0.249 e. The van der Waals surface area contributed by atoms with E-state index in [2.05, 4.69) is 10.3 Å². The van der Waals surface area contributed by atoms with Gasteiger partial charge >= 0.3 is 0 Å². The topological polar surface area (TPSA) is 82.5 Å². The molecule has 1 aromatic heterocycles. The van der Waals surface area contributed by atoms with E-state index < -0.39 is 23.8 Å². The Morgan fingerprint density at radius 3 is 2.47 bits per heavy atom. The predicted molar refractivity (Wildman–Crippen MR) is 143 cm³/mol. The number of halogens is 3. The molecule has 0 saturated heterocycles. The summed E-state index contributed by atoms with van der Waals surface area (Å²) in [5, 5.41) is 15.5. The molecule has 38 heavy (non-hydrogen) atoms. The number of benzene rings is 2. The number of nitrogens with one attached hydrogen (secondary N) is 1. The first-order valence-electron chi connectivity index (χ1n) is 12.5. The quantitative estimate of drug-likeness (QED) is 0.315. The zero-order chi connectivity index (χ0) is 27.3. The number of nitrogens with zero attached hydrogens (tertiary/aromatic N) is 2. The molecule has 10 heteroatoms. The Kier molecular flexibility index (Phi) is 8.99. The molecule has 1 aliphatic rings. The van der Waals surface area contributed by atoms with Crippen molar-refractivity contribution in [2.24, 2.45) is 5.92 Å². The molecule has 6 nitrogen and oxygen atoms in total. The highest BCUT2D eigenvalue weighted by molar-refractivity contribution is 7.09. The van der Waals surface area contributed by atoms with Crippen LogP contribution >= 0.6 is 22.9 Å². The van der Waals surface area contributed by atoms with Gasteiger partial charge in [-0.3, -0.25) is 9.59 Å². The van der Waals surface area contributed by atoms with Crippen molar-refractivity contribution < 1.29 is 23.5 Å². The van der Waals surface area contributed by atoms with Crippen molar-refractivity contribution in [1.82, 2.24) is 15.2 Å². The van der Waals surface area contributed by atoms with E-state index in [0.29, 0.717) is 17.1 Å². The van der Waals surface area contributed by atoms with Crippen molar-refractivity contribution in [1.29, 1.82) is 0 Å². The number of thiazole rings is 1. The van der Waals surface area contributed by atoms with Crippen molar-refractivity contribution in [2.45, 2.75) is 57.5 Å². The summed E-state index contributed by atoms with van der Waals surface area (Å²) < 4.78 is 28.1. The minimum absolute atomic E-state index is 0.0413. The first-order chi connectivity index (χ1) is 18.1. The third kappa shape index (κ3) is 7.51. The fourth-order valence-electron chi connectivity index (χ4n) is 4.71. The van der Waals surface area contributed by atoms with Crippen molar-refractivity contribution in [2.75, 3.05) is 6.54 Å². The summed E-state index contributed by atoms with van der Waals surface area (Å²) >= 11 is 7.32. The fraction of sp³-hybridized carbons (Fsp3) is 0.393. The molecule has 3 aromatic rings. The smallest absolute Gasteiger partial charge is 0.249 e. The van der Waals surface area contributed by atoms with Gasteiger partial charge in [0.2, 0.25) is 17.7 Å². The van der Waals surface area contributed by atoms with Gasteiger partial charge in [-0.2, -0.15) is 0 Å². The van der Waals surface area contributed by atoms with Crippen LogP contribution in [0.4, 0.5) is 8.78 Å². The van der Waals surface area contributed by atoms with Crippen LogP contribution in [-0.4, -0.2) is 39.3 Å². The Bertz CT molecular complexity index is 1250. The maximum atomic E-state index is 14.0. The molecular formula is C28H30ClF2N3O3S. The minimum Gasteiger partial charge on any atom is -0.508 e. The molecule has 1 fully saturated rings. The summed E-state index contributed by atoms with van der Waals surface area (Å²) in [6.07, 6.45) is 0.202. The lowest BCUT2D eigenvalue weighted by atomic mass is 10.0. The van der Waals surface area contributed by atoms with Gasteiger partial charge in [0.25, 0.3) is 0 Å². The summed E-state index contributed by atoms with van der Waals surface area (Å²) in [4.78, 5) is 33.2. The van der Waals surface area contributed by atoms with Gasteiger partial charge in [0.15, 0.2) is 6.04 Å². The Morgan fingerprint density at radius 1 is 1.18 bits per heavy atom. The maximum absolute atomic E-state index is 14.0. The first kappa shape index (κ1) is 28.0. The van der Waals surface area contributed by atoms with Crippen LogP contribution < -0.4 is 5.32 Å². The molecule has 1 aliphatic carbocycles. The van der Waals surface area contributed by atoms with Crippen molar-refractivity contribution in [3.8, 4) is 5.75 Å². The van der Waals surface area contributed by atoms with Gasteiger partial charge in [0, 0.05) is 42.8 Å². The molecule has 0 spiro atoms. The van der Waals surface area contributed by atoms with E-state index in [1.54, 1.807) is 53.9 Å². The van der Waals surface area contributed by atoms with Gasteiger partial charge in [-0.05, 0) is 61.1 Å². The molecule has 2 unspecified atom stereocenters. The summed E-state index contributed by atoms with van der Waals surface area (Å²) in [7, 11) is 0. The molecule has 0 bridgehead atoms. The Balaban J connectivity index is 1.58. The average molecular weight is 562 g/mol. The zero-order valence-electron chi connectivity index (χ0n) is 21.0. The molecule has 2 aromatic carbocycles. The molecule has 4 rings (SSSR count). The second-order valence-corrected chi connectivity index (χ2v) is 11.2. The van der Waals surface area contributed by atoms with Crippen LogP contribution in [0.1, 0.15) is 53.6 Å². The monoisotopic (exact) mass is 561 g/mol. The van der Waals surface area contributed by atoms with Crippen LogP contribution in [0.3, 0.4) is 0 Å². The molecule has 1 heterocycles. The van der Waals surface area contributed by atoms with Crippen molar-refractivity contribution in [3.05, 3.63) is 80.8 Å². The summed E-state index contributed by atoms with van der Waals surface area (Å²) in [5.74, 6) is -3.80. The highest BCUT2D eigenvalue weighted by Crippen LogP contribution is 2.40. The average Bonchev–Trinajstić information content (AvgIpc) is 3.46. The molecule has 0 aliphatic heterocycles. The third-order valence-electron chi connectivity index (χ3n) is 6.70. The fourth-order valence-corrected chi connectivity index (χ4v) is 5.47. The second-order valence-electron chi connectivity index (χ2n) is 9.72. The standard InChI is InChI=1S/C28H30ClF2N3O3S/c1-18-33-24(17-38-18)26(27(37)32-15-20-2-7-22(29)8-3-20)34(16-21-12-13-28(30,31)14-21)25(36)11-6-19-4-9-23(35)10-5-19/h2-5,7-10,17,21,26,35H,6,11-16H2,1H3,(H,32,37). The molecule has 1 saturated carbocycles. The van der Waals surface area contributed by atoms with Gasteiger partial charge in [0.1, 0.15) is 5.75 Å². The van der Waals surface area contributed by atoms with Crippen molar-refractivity contribution >= 4 is 34.8 Å². The van der Waals surface area contributed by atoms with Crippen LogP contribution in [0.2, 0.25) is 5.02 Å². The number of carbonyl (C=O) groups excluding carboxylic acids is 2. The predicted octanol–water partition coefficient (Wildman–Crippen LogP) is 6.06. The van der Waals surface area contributed by atoms with Crippen LogP contribution in [0.5, 0.6) is 5.75 Å². The van der Waals surface area contributed by atoms with E-state index in [1.807, 2.05) is 6.92 Å². The molecule has 2 amide bonds. The van der Waals surface area contributed by atoms with Gasteiger partial charge in [0.05, 0.1) is 10.7 Å². The largest absolute Gasteiger partial charge is 0.508 e. The van der Waals surface area contributed by atoms with Gasteiger partial charge < -0.3 is 15.3 Å². The molecule has 2 atom stereocenters. The van der Waals surface area contributed by atoms with Crippen LogP contribution in [0.15, 0.2) is 53.9 Å². The Morgan fingerprint density at radius 2 is 1.87 bits per heavy atom. The Labute approximate surface area is 229 Å². The normalized spacial score (nSPS) is 17.2. The summed E-state index contributed by atoms with van der Waals surface area (Å²) in [6, 6.07) is 12.5. The first-order valence-corrected chi connectivity index (χ1v) is 13.7. The van der Waals surface area contributed by atoms with E-state index in [0.717, 1.165) is 16.1 Å². The van der Waals surface area contributed by atoms with Gasteiger partial charge in [-0.15, -0.1) is 11.3 Å². The number of phenolic OH excluding ortho intramolecular Hbond substituents is 1. The van der Waals surface area contributed by atoms with Crippen LogP contribution in [0.25, 0.3) is 0 Å². The molecular weight excluding hydrogens is 532 g/mol. The van der Waals surface area contributed by atoms with Gasteiger partial charge in [-0.25, -0.2) is 13.8 Å². The lowest BCUT2D eigenvalue weighted by Crippen LogP contribution is -2.45. The minimum atomic E-state index is -2.77. The number of rotatable bonds is 10. The number of phenols is 1. The van der Waals surface area contributed by atoms with Crippen LogP contribution in [0, 0.1) is 12.8 Å². The van der Waals surface area contributed by atoms with Crippen molar-refractivity contribution in [3.63, 3.8) is 0 Å². The lowest BCUT2D eigenvalue weighted by Gasteiger charge is -2.32. The highest BCUT2D eigenvalue weighted by Gasteiger charge is 2.42. The van der Waals surface area contributed by atoms with E-state index >= 15 is 0 Å².